The Morgan fingerprint density at radius 3 is 2.65 bits per heavy atom. The van der Waals surface area contributed by atoms with Crippen molar-refractivity contribution in [1.29, 1.82) is 0 Å². The van der Waals surface area contributed by atoms with Gasteiger partial charge in [-0.1, -0.05) is 41.4 Å². The van der Waals surface area contributed by atoms with Crippen LogP contribution in [0.1, 0.15) is 16.7 Å². The molecule has 0 aliphatic carbocycles. The highest BCUT2D eigenvalue weighted by Crippen LogP contribution is 2.25. The van der Waals surface area contributed by atoms with Gasteiger partial charge in [-0.2, -0.15) is 0 Å². The highest BCUT2D eigenvalue weighted by atomic mass is 35.5. The smallest absolute Gasteiger partial charge is 0.0426 e. The van der Waals surface area contributed by atoms with E-state index < -0.39 is 0 Å². The van der Waals surface area contributed by atoms with Gasteiger partial charge in [-0.05, 0) is 49.2 Å². The second-order valence-corrected chi connectivity index (χ2v) is 5.59. The number of hydrogen-bond acceptors (Lipinski definition) is 2. The van der Waals surface area contributed by atoms with E-state index in [0.717, 1.165) is 18.0 Å². The molecule has 0 aliphatic rings. The lowest BCUT2D eigenvalue weighted by molar-refractivity contribution is 0.892. The number of nitrogens with zero attached hydrogens (tertiary/aromatic N) is 1. The van der Waals surface area contributed by atoms with Crippen molar-refractivity contribution in [2.24, 2.45) is 5.73 Å². The zero-order chi connectivity index (χ0) is 14.5. The Balaban J connectivity index is 2.22. The van der Waals surface area contributed by atoms with Crippen LogP contribution in [0, 0.1) is 6.92 Å². The van der Waals surface area contributed by atoms with Crippen LogP contribution in [0.2, 0.25) is 5.02 Å². The fourth-order valence-electron chi connectivity index (χ4n) is 2.45. The molecule has 0 bridgehead atoms. The number of hydrogen-bond donors (Lipinski definition) is 1. The van der Waals surface area contributed by atoms with Gasteiger partial charge in [0, 0.05) is 24.3 Å². The number of aryl methyl sites for hydroxylation is 1. The summed E-state index contributed by atoms with van der Waals surface area (Å²) >= 11 is 6.08. The van der Waals surface area contributed by atoms with Crippen molar-refractivity contribution in [2.75, 3.05) is 18.5 Å². The first-order valence-corrected chi connectivity index (χ1v) is 7.23. The van der Waals surface area contributed by atoms with Gasteiger partial charge in [0.2, 0.25) is 0 Å². The molecule has 2 aromatic carbocycles. The summed E-state index contributed by atoms with van der Waals surface area (Å²) in [7, 11) is 2.10. The summed E-state index contributed by atoms with van der Waals surface area (Å²) in [5, 5.41) is 0.765. The Bertz CT molecular complexity index is 581. The van der Waals surface area contributed by atoms with E-state index in [0.29, 0.717) is 6.54 Å². The van der Waals surface area contributed by atoms with E-state index in [9.17, 15) is 0 Å². The molecular formula is C17H21ClN2. The van der Waals surface area contributed by atoms with Crippen LogP contribution in [0.25, 0.3) is 0 Å². The third-order valence-corrected chi connectivity index (χ3v) is 3.60. The maximum absolute atomic E-state index is 6.08. The van der Waals surface area contributed by atoms with E-state index in [4.69, 9.17) is 17.3 Å². The lowest BCUT2D eigenvalue weighted by atomic mass is 10.1. The van der Waals surface area contributed by atoms with E-state index in [-0.39, 0.29) is 0 Å². The highest BCUT2D eigenvalue weighted by Gasteiger charge is 2.08. The first-order chi connectivity index (χ1) is 9.60. The summed E-state index contributed by atoms with van der Waals surface area (Å²) in [6.07, 6.45) is 0.841. The molecule has 2 aromatic rings. The molecule has 106 valence electrons. The minimum Gasteiger partial charge on any atom is -0.370 e. The van der Waals surface area contributed by atoms with Gasteiger partial charge in [-0.15, -0.1) is 0 Å². The summed E-state index contributed by atoms with van der Waals surface area (Å²) in [6, 6.07) is 14.6. The van der Waals surface area contributed by atoms with E-state index in [2.05, 4.69) is 49.2 Å². The molecule has 3 heteroatoms. The third-order valence-electron chi connectivity index (χ3n) is 3.37. The van der Waals surface area contributed by atoms with Crippen LogP contribution in [-0.4, -0.2) is 13.6 Å². The Kier molecular flexibility index (Phi) is 5.05. The summed E-state index contributed by atoms with van der Waals surface area (Å²) in [5.74, 6) is 0. The predicted octanol–water partition coefficient (Wildman–Crippen LogP) is 3.79. The molecular weight excluding hydrogens is 268 g/mol. The van der Waals surface area contributed by atoms with Crippen molar-refractivity contribution in [2.45, 2.75) is 19.9 Å². The molecule has 0 atom stereocenters. The lowest BCUT2D eigenvalue weighted by Gasteiger charge is -2.23. The van der Waals surface area contributed by atoms with Crippen LogP contribution >= 0.6 is 11.6 Å². The first kappa shape index (κ1) is 14.9. The van der Waals surface area contributed by atoms with Gasteiger partial charge >= 0.3 is 0 Å². The molecule has 2 rings (SSSR count). The molecule has 0 radical (unpaired) electrons. The van der Waals surface area contributed by atoms with Crippen LogP contribution in [0.3, 0.4) is 0 Å². The topological polar surface area (TPSA) is 29.3 Å². The van der Waals surface area contributed by atoms with E-state index >= 15 is 0 Å². The molecule has 2 nitrogen and oxygen atoms in total. The molecule has 0 saturated carbocycles. The van der Waals surface area contributed by atoms with Crippen molar-refractivity contribution in [1.82, 2.24) is 0 Å². The predicted molar refractivity (Wildman–Crippen MR) is 87.5 cm³/mol. The Morgan fingerprint density at radius 2 is 1.95 bits per heavy atom. The molecule has 0 aliphatic heterocycles. The van der Waals surface area contributed by atoms with Crippen LogP contribution in [0.15, 0.2) is 42.5 Å². The molecule has 20 heavy (non-hydrogen) atoms. The largest absolute Gasteiger partial charge is 0.370 e. The Hall–Kier alpha value is -1.51. The van der Waals surface area contributed by atoms with Crippen molar-refractivity contribution in [3.63, 3.8) is 0 Å². The fourth-order valence-corrected chi connectivity index (χ4v) is 2.65. The zero-order valence-corrected chi connectivity index (χ0v) is 12.8. The molecule has 0 heterocycles. The van der Waals surface area contributed by atoms with E-state index in [1.165, 1.54) is 22.4 Å². The van der Waals surface area contributed by atoms with Crippen molar-refractivity contribution < 1.29 is 0 Å². The SMILES string of the molecule is Cc1cccc(CN(C)c2ccc(Cl)cc2CCN)c1. The number of halogens is 1. The maximum atomic E-state index is 6.08. The van der Waals surface area contributed by atoms with Crippen molar-refractivity contribution in [3.05, 3.63) is 64.2 Å². The van der Waals surface area contributed by atoms with Crippen LogP contribution < -0.4 is 10.6 Å². The second kappa shape index (κ2) is 6.78. The number of nitrogens with two attached hydrogens (primary N) is 1. The average molecular weight is 289 g/mol. The summed E-state index contributed by atoms with van der Waals surface area (Å²) < 4.78 is 0. The maximum Gasteiger partial charge on any atom is 0.0426 e. The Labute approximate surface area is 126 Å². The summed E-state index contributed by atoms with van der Waals surface area (Å²) in [6.45, 7) is 3.62. The van der Waals surface area contributed by atoms with Crippen molar-refractivity contribution in [3.8, 4) is 0 Å². The molecule has 0 amide bonds. The summed E-state index contributed by atoms with van der Waals surface area (Å²) in [4.78, 5) is 2.25. The normalized spacial score (nSPS) is 10.6. The average Bonchev–Trinajstić information content (AvgIpc) is 2.39. The van der Waals surface area contributed by atoms with Crippen LogP contribution in [0.5, 0.6) is 0 Å². The number of anilines is 1. The molecule has 2 N–H and O–H groups in total. The quantitative estimate of drug-likeness (QED) is 0.907. The minimum atomic E-state index is 0.631. The van der Waals surface area contributed by atoms with Crippen LogP contribution in [0.4, 0.5) is 5.69 Å². The monoisotopic (exact) mass is 288 g/mol. The van der Waals surface area contributed by atoms with Gasteiger partial charge in [-0.25, -0.2) is 0 Å². The van der Waals surface area contributed by atoms with Gasteiger partial charge in [0.1, 0.15) is 0 Å². The third kappa shape index (κ3) is 3.75. The minimum absolute atomic E-state index is 0.631. The molecule has 0 saturated heterocycles. The fraction of sp³-hybridized carbons (Fsp3) is 0.294. The van der Waals surface area contributed by atoms with Crippen LogP contribution in [-0.2, 0) is 13.0 Å². The standard InChI is InChI=1S/C17H21ClN2/c1-13-4-3-5-14(10-13)12-20(2)17-7-6-16(18)11-15(17)8-9-19/h3-7,10-11H,8-9,12,19H2,1-2H3. The second-order valence-electron chi connectivity index (χ2n) is 5.16. The number of benzene rings is 2. The van der Waals surface area contributed by atoms with Gasteiger partial charge in [0.25, 0.3) is 0 Å². The van der Waals surface area contributed by atoms with E-state index in [1.807, 2.05) is 12.1 Å². The van der Waals surface area contributed by atoms with E-state index in [1.54, 1.807) is 0 Å². The molecule has 0 fully saturated rings. The zero-order valence-electron chi connectivity index (χ0n) is 12.1. The summed E-state index contributed by atoms with van der Waals surface area (Å²) in [5.41, 5.74) is 10.7. The highest BCUT2D eigenvalue weighted by molar-refractivity contribution is 6.30. The molecule has 0 unspecified atom stereocenters. The van der Waals surface area contributed by atoms with Gasteiger partial charge in [0.05, 0.1) is 0 Å². The molecule has 0 spiro atoms. The van der Waals surface area contributed by atoms with Gasteiger partial charge in [-0.3, -0.25) is 0 Å². The molecule has 0 aromatic heterocycles. The first-order valence-electron chi connectivity index (χ1n) is 6.85. The Morgan fingerprint density at radius 1 is 1.15 bits per heavy atom. The van der Waals surface area contributed by atoms with Gasteiger partial charge in [0.15, 0.2) is 0 Å². The van der Waals surface area contributed by atoms with Gasteiger partial charge < -0.3 is 10.6 Å². The lowest BCUT2D eigenvalue weighted by Crippen LogP contribution is -2.19. The number of rotatable bonds is 5. The van der Waals surface area contributed by atoms with Crippen molar-refractivity contribution >= 4 is 17.3 Å².